The number of ether oxygens (including phenoxy) is 2. The molecule has 1 fully saturated rings. The van der Waals surface area contributed by atoms with Crippen molar-refractivity contribution in [3.63, 3.8) is 0 Å². The van der Waals surface area contributed by atoms with Gasteiger partial charge in [0.1, 0.15) is 0 Å². The van der Waals surface area contributed by atoms with Crippen LogP contribution in [0.3, 0.4) is 0 Å². The first-order valence-corrected chi connectivity index (χ1v) is 7.13. The molecular weight excluding hydrogens is 240 g/mol. The van der Waals surface area contributed by atoms with Gasteiger partial charge in [0.25, 0.3) is 0 Å². The van der Waals surface area contributed by atoms with E-state index in [-0.39, 0.29) is 0 Å². The molecule has 2 heterocycles. The molecule has 3 rings (SSSR count). The fourth-order valence-corrected chi connectivity index (χ4v) is 2.77. The SMILES string of the molecule is Cc1cc2c(cc1CNCCC1CCNC1)OCO2. The van der Waals surface area contributed by atoms with Crippen LogP contribution in [-0.2, 0) is 6.54 Å². The summed E-state index contributed by atoms with van der Waals surface area (Å²) in [6, 6.07) is 4.17. The summed E-state index contributed by atoms with van der Waals surface area (Å²) < 4.78 is 10.8. The summed E-state index contributed by atoms with van der Waals surface area (Å²) in [4.78, 5) is 0. The van der Waals surface area contributed by atoms with Crippen molar-refractivity contribution in [1.82, 2.24) is 10.6 Å². The second-order valence-electron chi connectivity index (χ2n) is 5.46. The highest BCUT2D eigenvalue weighted by Crippen LogP contribution is 2.34. The van der Waals surface area contributed by atoms with Gasteiger partial charge in [0.05, 0.1) is 0 Å². The van der Waals surface area contributed by atoms with Gasteiger partial charge in [-0.1, -0.05) is 0 Å². The highest BCUT2D eigenvalue weighted by Gasteiger charge is 2.16. The van der Waals surface area contributed by atoms with E-state index in [2.05, 4.69) is 29.7 Å². The number of hydrogen-bond acceptors (Lipinski definition) is 4. The van der Waals surface area contributed by atoms with Crippen LogP contribution in [0.1, 0.15) is 24.0 Å². The third-order valence-corrected chi connectivity index (χ3v) is 4.04. The standard InChI is InChI=1S/C15H22N2O2/c1-11-6-14-15(19-10-18-14)7-13(11)9-17-5-3-12-2-4-16-8-12/h6-7,12,16-17H,2-5,8-10H2,1H3. The van der Waals surface area contributed by atoms with Gasteiger partial charge in [0, 0.05) is 6.54 Å². The molecule has 2 aliphatic rings. The molecule has 4 heteroatoms. The molecule has 0 aliphatic carbocycles. The molecule has 104 valence electrons. The molecule has 1 aromatic carbocycles. The largest absolute Gasteiger partial charge is 0.454 e. The van der Waals surface area contributed by atoms with E-state index in [1.807, 2.05) is 0 Å². The summed E-state index contributed by atoms with van der Waals surface area (Å²) in [6.45, 7) is 6.83. The lowest BCUT2D eigenvalue weighted by Crippen LogP contribution is -2.19. The van der Waals surface area contributed by atoms with Crippen LogP contribution in [-0.4, -0.2) is 26.4 Å². The summed E-state index contributed by atoms with van der Waals surface area (Å²) in [7, 11) is 0. The first-order chi connectivity index (χ1) is 9.33. The molecule has 0 bridgehead atoms. The molecule has 0 saturated carbocycles. The lowest BCUT2D eigenvalue weighted by Gasteiger charge is -2.11. The van der Waals surface area contributed by atoms with Crippen LogP contribution < -0.4 is 20.1 Å². The van der Waals surface area contributed by atoms with Crippen molar-refractivity contribution < 1.29 is 9.47 Å². The summed E-state index contributed by atoms with van der Waals surface area (Å²) in [5.41, 5.74) is 2.56. The number of benzene rings is 1. The minimum absolute atomic E-state index is 0.348. The van der Waals surface area contributed by atoms with Crippen LogP contribution in [0.25, 0.3) is 0 Å². The Hall–Kier alpha value is -1.26. The average Bonchev–Trinajstić information content (AvgIpc) is 3.05. The number of nitrogens with one attached hydrogen (secondary N) is 2. The van der Waals surface area contributed by atoms with Crippen LogP contribution in [0.4, 0.5) is 0 Å². The van der Waals surface area contributed by atoms with Crippen molar-refractivity contribution in [2.24, 2.45) is 5.92 Å². The molecule has 0 spiro atoms. The molecule has 1 unspecified atom stereocenters. The van der Waals surface area contributed by atoms with Gasteiger partial charge in [0.15, 0.2) is 11.5 Å². The molecule has 4 nitrogen and oxygen atoms in total. The lowest BCUT2D eigenvalue weighted by atomic mass is 10.0. The highest BCUT2D eigenvalue weighted by molar-refractivity contribution is 5.48. The van der Waals surface area contributed by atoms with Gasteiger partial charge in [0.2, 0.25) is 6.79 Å². The van der Waals surface area contributed by atoms with Crippen molar-refractivity contribution >= 4 is 0 Å². The number of fused-ring (bicyclic) bond motifs is 1. The van der Waals surface area contributed by atoms with Gasteiger partial charge in [-0.25, -0.2) is 0 Å². The molecule has 1 saturated heterocycles. The molecule has 0 aromatic heterocycles. The Labute approximate surface area is 114 Å². The van der Waals surface area contributed by atoms with E-state index in [0.29, 0.717) is 6.79 Å². The van der Waals surface area contributed by atoms with E-state index in [1.54, 1.807) is 0 Å². The summed E-state index contributed by atoms with van der Waals surface area (Å²) in [5.74, 6) is 2.60. The van der Waals surface area contributed by atoms with Crippen molar-refractivity contribution in [1.29, 1.82) is 0 Å². The molecular formula is C15H22N2O2. The Morgan fingerprint density at radius 3 is 2.95 bits per heavy atom. The van der Waals surface area contributed by atoms with Gasteiger partial charge >= 0.3 is 0 Å². The van der Waals surface area contributed by atoms with Crippen LogP contribution in [0, 0.1) is 12.8 Å². The lowest BCUT2D eigenvalue weighted by molar-refractivity contribution is 0.174. The van der Waals surface area contributed by atoms with Crippen LogP contribution >= 0.6 is 0 Å². The fourth-order valence-electron chi connectivity index (χ4n) is 2.77. The summed E-state index contributed by atoms with van der Waals surface area (Å²) >= 11 is 0. The first-order valence-electron chi connectivity index (χ1n) is 7.13. The molecule has 1 atom stereocenters. The van der Waals surface area contributed by atoms with Gasteiger partial charge in [-0.05, 0) is 68.6 Å². The molecule has 2 N–H and O–H groups in total. The van der Waals surface area contributed by atoms with Gasteiger partial charge < -0.3 is 20.1 Å². The Bertz CT molecular complexity index is 442. The normalized spacial score (nSPS) is 21.0. The van der Waals surface area contributed by atoms with E-state index in [4.69, 9.17) is 9.47 Å². The van der Waals surface area contributed by atoms with Crippen molar-refractivity contribution in [3.8, 4) is 11.5 Å². The van der Waals surface area contributed by atoms with Gasteiger partial charge in [-0.2, -0.15) is 0 Å². The third kappa shape index (κ3) is 3.01. The zero-order chi connectivity index (χ0) is 13.1. The zero-order valence-electron chi connectivity index (χ0n) is 11.5. The Balaban J connectivity index is 1.49. The Morgan fingerprint density at radius 1 is 1.32 bits per heavy atom. The second-order valence-corrected chi connectivity index (χ2v) is 5.46. The highest BCUT2D eigenvalue weighted by atomic mass is 16.7. The number of rotatable bonds is 5. The average molecular weight is 262 g/mol. The van der Waals surface area contributed by atoms with Gasteiger partial charge in [-0.15, -0.1) is 0 Å². The second kappa shape index (κ2) is 5.80. The third-order valence-electron chi connectivity index (χ3n) is 4.04. The first kappa shape index (κ1) is 12.8. The molecule has 2 aliphatic heterocycles. The van der Waals surface area contributed by atoms with E-state index in [0.717, 1.165) is 30.5 Å². The topological polar surface area (TPSA) is 42.5 Å². The van der Waals surface area contributed by atoms with E-state index < -0.39 is 0 Å². The van der Waals surface area contributed by atoms with Crippen molar-refractivity contribution in [2.45, 2.75) is 26.3 Å². The van der Waals surface area contributed by atoms with Crippen molar-refractivity contribution in [2.75, 3.05) is 26.4 Å². The smallest absolute Gasteiger partial charge is 0.231 e. The fraction of sp³-hybridized carbons (Fsp3) is 0.600. The molecule has 0 amide bonds. The molecule has 0 radical (unpaired) electrons. The predicted octanol–water partition coefficient (Wildman–Crippen LogP) is 1.81. The minimum Gasteiger partial charge on any atom is -0.454 e. The number of hydrogen-bond donors (Lipinski definition) is 2. The van der Waals surface area contributed by atoms with E-state index in [9.17, 15) is 0 Å². The van der Waals surface area contributed by atoms with E-state index in [1.165, 1.54) is 37.1 Å². The number of aryl methyl sites for hydroxylation is 1. The van der Waals surface area contributed by atoms with E-state index >= 15 is 0 Å². The van der Waals surface area contributed by atoms with Crippen LogP contribution in [0.15, 0.2) is 12.1 Å². The Morgan fingerprint density at radius 2 is 2.16 bits per heavy atom. The van der Waals surface area contributed by atoms with Crippen molar-refractivity contribution in [3.05, 3.63) is 23.3 Å². The Kier molecular flexibility index (Phi) is 3.89. The predicted molar refractivity (Wildman–Crippen MR) is 74.6 cm³/mol. The summed E-state index contributed by atoms with van der Waals surface area (Å²) in [5, 5.41) is 6.95. The minimum atomic E-state index is 0.348. The zero-order valence-corrected chi connectivity index (χ0v) is 11.5. The molecule has 19 heavy (non-hydrogen) atoms. The molecule has 1 aromatic rings. The summed E-state index contributed by atoms with van der Waals surface area (Å²) in [6.07, 6.45) is 2.58. The maximum absolute atomic E-state index is 5.42. The monoisotopic (exact) mass is 262 g/mol. The van der Waals surface area contributed by atoms with Crippen LogP contribution in [0.5, 0.6) is 11.5 Å². The maximum Gasteiger partial charge on any atom is 0.231 e. The van der Waals surface area contributed by atoms with Gasteiger partial charge in [-0.3, -0.25) is 0 Å². The van der Waals surface area contributed by atoms with Crippen LogP contribution in [0.2, 0.25) is 0 Å². The maximum atomic E-state index is 5.42. The quantitative estimate of drug-likeness (QED) is 0.794.